The molecule has 0 atom stereocenters. The van der Waals surface area contributed by atoms with Crippen LogP contribution < -0.4 is 4.90 Å². The van der Waals surface area contributed by atoms with Crippen LogP contribution in [0, 0.1) is 0 Å². The van der Waals surface area contributed by atoms with Gasteiger partial charge in [-0.25, -0.2) is 18.4 Å². The third-order valence-electron chi connectivity index (χ3n) is 6.60. The number of H-pyrrole nitrogens is 1. The maximum Gasteiger partial charge on any atom is 0.289 e. The summed E-state index contributed by atoms with van der Waals surface area (Å²) in [6, 6.07) is 7.43. The van der Waals surface area contributed by atoms with Gasteiger partial charge in [-0.1, -0.05) is 12.1 Å². The van der Waals surface area contributed by atoms with E-state index in [1.54, 1.807) is 17.2 Å². The van der Waals surface area contributed by atoms with Crippen molar-refractivity contribution in [3.63, 3.8) is 0 Å². The summed E-state index contributed by atoms with van der Waals surface area (Å²) < 4.78 is 36.6. The Morgan fingerprint density at radius 1 is 1.06 bits per heavy atom. The van der Waals surface area contributed by atoms with Crippen LogP contribution >= 0.6 is 0 Å². The summed E-state index contributed by atoms with van der Waals surface area (Å²) in [5.74, 6) is 0.977. The molecule has 4 aromatic rings. The fourth-order valence-corrected chi connectivity index (χ4v) is 5.50. The average Bonchev–Trinajstić information content (AvgIpc) is 3.55. The van der Waals surface area contributed by atoms with Crippen molar-refractivity contribution in [2.45, 2.75) is 0 Å². The van der Waals surface area contributed by atoms with Gasteiger partial charge >= 0.3 is 0 Å². The minimum atomic E-state index is -3.29. The molecule has 5 heterocycles. The summed E-state index contributed by atoms with van der Waals surface area (Å²) in [6.07, 6.45) is 2.92. The summed E-state index contributed by atoms with van der Waals surface area (Å²) in [4.78, 5) is 26.6. The number of sulfonamides is 1. The van der Waals surface area contributed by atoms with Gasteiger partial charge in [0, 0.05) is 56.3 Å². The van der Waals surface area contributed by atoms with E-state index in [0.717, 1.165) is 16.5 Å². The topological polar surface area (TPSA) is 138 Å². The first-order valence-corrected chi connectivity index (χ1v) is 13.5. The number of carbonyl (C=O) groups excluding carboxylic acids is 1. The molecular formula is C23H25N7O5S. The molecule has 0 spiro atoms. The number of hydrogen-bond acceptors (Lipinski definition) is 9. The van der Waals surface area contributed by atoms with Gasteiger partial charge in [-0.3, -0.25) is 9.89 Å². The monoisotopic (exact) mass is 511 g/mol. The molecule has 1 N–H and O–H groups in total. The minimum Gasteiger partial charge on any atom is -0.445 e. The smallest absolute Gasteiger partial charge is 0.289 e. The number of anilines is 1. The lowest BCUT2D eigenvalue weighted by molar-refractivity contribution is 0.0668. The SMILES string of the molecule is CS(=O)(=O)N1CCN(C(=O)c2cc3nc(-c4cccc5[nH]ncc45)nc(N4CCOCC4)c3o2)CC1. The van der Waals surface area contributed by atoms with Crippen molar-refractivity contribution in [1.29, 1.82) is 0 Å². The van der Waals surface area contributed by atoms with Crippen LogP contribution in [0.5, 0.6) is 0 Å². The number of ether oxygens (including phenoxy) is 1. The highest BCUT2D eigenvalue weighted by atomic mass is 32.2. The number of nitrogens with zero attached hydrogens (tertiary/aromatic N) is 6. The quantitative estimate of drug-likeness (QED) is 0.430. The van der Waals surface area contributed by atoms with E-state index in [1.807, 2.05) is 18.2 Å². The van der Waals surface area contributed by atoms with Gasteiger partial charge in [0.1, 0.15) is 5.52 Å². The molecule has 2 aliphatic heterocycles. The van der Waals surface area contributed by atoms with Gasteiger partial charge in [0.2, 0.25) is 10.0 Å². The lowest BCUT2D eigenvalue weighted by atomic mass is 10.1. The molecule has 0 bridgehead atoms. The zero-order valence-electron chi connectivity index (χ0n) is 19.7. The lowest BCUT2D eigenvalue weighted by Gasteiger charge is -2.32. The molecule has 3 aromatic heterocycles. The van der Waals surface area contributed by atoms with Gasteiger partial charge in [0.25, 0.3) is 5.91 Å². The Hall–Kier alpha value is -3.55. The van der Waals surface area contributed by atoms with E-state index in [9.17, 15) is 13.2 Å². The van der Waals surface area contributed by atoms with Crippen LogP contribution in [-0.2, 0) is 14.8 Å². The average molecular weight is 512 g/mol. The van der Waals surface area contributed by atoms with Crippen molar-refractivity contribution in [2.24, 2.45) is 0 Å². The number of carbonyl (C=O) groups is 1. The van der Waals surface area contributed by atoms with Gasteiger partial charge in [-0.2, -0.15) is 9.40 Å². The van der Waals surface area contributed by atoms with Gasteiger partial charge in [0.15, 0.2) is 23.0 Å². The van der Waals surface area contributed by atoms with Crippen molar-refractivity contribution in [1.82, 2.24) is 29.4 Å². The molecule has 12 nitrogen and oxygen atoms in total. The second kappa shape index (κ2) is 8.84. The van der Waals surface area contributed by atoms with Crippen LogP contribution in [0.15, 0.2) is 34.9 Å². The van der Waals surface area contributed by atoms with Crippen LogP contribution in [0.2, 0.25) is 0 Å². The number of piperazine rings is 1. The number of aromatic nitrogens is 4. The molecule has 1 aromatic carbocycles. The second-order valence-corrected chi connectivity index (χ2v) is 10.9. The maximum atomic E-state index is 13.3. The molecule has 0 saturated carbocycles. The normalized spacial score (nSPS) is 17.8. The molecule has 6 rings (SSSR count). The molecule has 1 amide bonds. The molecule has 0 aliphatic carbocycles. The largest absolute Gasteiger partial charge is 0.445 e. The number of aromatic amines is 1. The predicted molar refractivity (Wildman–Crippen MR) is 132 cm³/mol. The number of furan rings is 1. The molecular weight excluding hydrogens is 486 g/mol. The first kappa shape index (κ1) is 22.9. The molecule has 13 heteroatoms. The van der Waals surface area contributed by atoms with Gasteiger partial charge in [-0.05, 0) is 6.07 Å². The number of amides is 1. The van der Waals surface area contributed by atoms with E-state index in [2.05, 4.69) is 15.1 Å². The number of hydrogen-bond donors (Lipinski definition) is 1. The van der Waals surface area contributed by atoms with Crippen molar-refractivity contribution < 1.29 is 22.4 Å². The van der Waals surface area contributed by atoms with E-state index < -0.39 is 10.0 Å². The van der Waals surface area contributed by atoms with E-state index in [4.69, 9.17) is 19.1 Å². The lowest BCUT2D eigenvalue weighted by Crippen LogP contribution is -2.50. The summed E-state index contributed by atoms with van der Waals surface area (Å²) in [5.41, 5.74) is 2.67. The molecule has 2 aliphatic rings. The third-order valence-corrected chi connectivity index (χ3v) is 7.90. The Morgan fingerprint density at radius 2 is 1.83 bits per heavy atom. The van der Waals surface area contributed by atoms with Gasteiger partial charge in [-0.15, -0.1) is 0 Å². The van der Waals surface area contributed by atoms with E-state index in [0.29, 0.717) is 62.1 Å². The Bertz CT molecular complexity index is 1550. The highest BCUT2D eigenvalue weighted by molar-refractivity contribution is 7.88. The molecule has 2 saturated heterocycles. The fraction of sp³-hybridized carbons (Fsp3) is 0.391. The van der Waals surface area contributed by atoms with Crippen molar-refractivity contribution in [2.75, 3.05) is 63.6 Å². The summed E-state index contributed by atoms with van der Waals surface area (Å²) in [7, 11) is -3.29. The molecule has 36 heavy (non-hydrogen) atoms. The fourth-order valence-electron chi connectivity index (χ4n) is 4.67. The van der Waals surface area contributed by atoms with Crippen molar-refractivity contribution in [3.8, 4) is 11.4 Å². The minimum absolute atomic E-state index is 0.153. The summed E-state index contributed by atoms with van der Waals surface area (Å²) >= 11 is 0. The Balaban J connectivity index is 1.39. The van der Waals surface area contributed by atoms with Crippen LogP contribution in [0.3, 0.4) is 0 Å². The highest BCUT2D eigenvalue weighted by Crippen LogP contribution is 2.33. The van der Waals surface area contributed by atoms with E-state index in [-0.39, 0.29) is 24.8 Å². The zero-order valence-corrected chi connectivity index (χ0v) is 20.5. The summed E-state index contributed by atoms with van der Waals surface area (Å²) in [6.45, 7) is 3.49. The van der Waals surface area contributed by atoms with Crippen LogP contribution in [-0.4, -0.2) is 102 Å². The first-order valence-electron chi connectivity index (χ1n) is 11.7. The standard InChI is InChI=1S/C23H25N7O5S/c1-36(32,33)30-7-5-29(6-8-30)23(31)19-13-18-20(35-19)22(28-9-11-34-12-10-28)26-21(25-18)15-3-2-4-17-16(15)14-24-27-17/h2-4,13-14H,5-12H2,1H3,(H,24,27). The molecule has 2 fully saturated rings. The molecule has 188 valence electrons. The van der Waals surface area contributed by atoms with Gasteiger partial charge in [0.05, 0.1) is 31.2 Å². The number of fused-ring (bicyclic) bond motifs is 2. The van der Waals surface area contributed by atoms with Crippen molar-refractivity contribution >= 4 is 43.8 Å². The van der Waals surface area contributed by atoms with Crippen LogP contribution in [0.4, 0.5) is 5.82 Å². The highest BCUT2D eigenvalue weighted by Gasteiger charge is 2.30. The first-order chi connectivity index (χ1) is 17.4. The zero-order chi connectivity index (χ0) is 24.9. The molecule has 0 radical (unpaired) electrons. The maximum absolute atomic E-state index is 13.3. The summed E-state index contributed by atoms with van der Waals surface area (Å²) in [5, 5.41) is 8.01. The number of morpholine rings is 1. The number of nitrogens with one attached hydrogen (secondary N) is 1. The number of rotatable bonds is 4. The third kappa shape index (κ3) is 4.08. The Morgan fingerprint density at radius 3 is 2.58 bits per heavy atom. The second-order valence-electron chi connectivity index (χ2n) is 8.89. The van der Waals surface area contributed by atoms with E-state index >= 15 is 0 Å². The predicted octanol–water partition coefficient (Wildman–Crippen LogP) is 1.32. The van der Waals surface area contributed by atoms with Crippen molar-refractivity contribution in [3.05, 3.63) is 36.2 Å². The van der Waals surface area contributed by atoms with Gasteiger partial charge < -0.3 is 19.0 Å². The number of benzene rings is 1. The Labute approximate surface area is 206 Å². The molecule has 0 unspecified atom stereocenters. The Kier molecular flexibility index (Phi) is 5.62. The van der Waals surface area contributed by atoms with E-state index in [1.165, 1.54) is 10.6 Å². The van der Waals surface area contributed by atoms with Crippen LogP contribution in [0.25, 0.3) is 33.4 Å². The van der Waals surface area contributed by atoms with Crippen LogP contribution in [0.1, 0.15) is 10.6 Å².